The number of hydrogen-bond acceptors (Lipinski definition) is 4. The Kier molecular flexibility index (Phi) is 7.77. The number of aryl methyl sites for hydroxylation is 1. The molecule has 0 fully saturated rings. The van der Waals surface area contributed by atoms with Crippen LogP contribution in [0.2, 0.25) is 0 Å². The molecule has 0 unspecified atom stereocenters. The van der Waals surface area contributed by atoms with Gasteiger partial charge in [0.25, 0.3) is 5.91 Å². The molecule has 180 valence electrons. The lowest BCUT2D eigenvalue weighted by Crippen LogP contribution is -2.43. The lowest BCUT2D eigenvalue weighted by molar-refractivity contribution is -0.133. The van der Waals surface area contributed by atoms with Gasteiger partial charge in [0.1, 0.15) is 29.6 Å². The predicted octanol–water partition coefficient (Wildman–Crippen LogP) is 5.23. The first-order valence-electron chi connectivity index (χ1n) is 11.4. The molecule has 0 aliphatic heterocycles. The van der Waals surface area contributed by atoms with Gasteiger partial charge in [-0.1, -0.05) is 42.5 Å². The maximum Gasteiger partial charge on any atom is 0.257 e. The summed E-state index contributed by atoms with van der Waals surface area (Å²) in [6, 6.07) is 22.7. The molecule has 4 aromatic rings. The molecular weight excluding hydrogens is 447 g/mol. The zero-order valence-electron chi connectivity index (χ0n) is 19.5. The van der Waals surface area contributed by atoms with Crippen molar-refractivity contribution in [2.45, 2.75) is 26.4 Å². The predicted molar refractivity (Wildman–Crippen MR) is 129 cm³/mol. The third-order valence-corrected chi connectivity index (χ3v) is 5.65. The Morgan fingerprint density at radius 1 is 0.829 bits per heavy atom. The van der Waals surface area contributed by atoms with E-state index in [2.05, 4.69) is 0 Å². The van der Waals surface area contributed by atoms with E-state index in [1.807, 2.05) is 49.4 Å². The number of amides is 2. The number of nitrogens with zero attached hydrogens (tertiary/aromatic N) is 2. The highest BCUT2D eigenvalue weighted by molar-refractivity contribution is 5.96. The van der Waals surface area contributed by atoms with E-state index in [0.29, 0.717) is 24.5 Å². The average Bonchev–Trinajstić information content (AvgIpc) is 3.53. The molecule has 0 aliphatic rings. The fraction of sp³-hybridized carbons (Fsp3) is 0.214. The zero-order chi connectivity index (χ0) is 24.6. The minimum Gasteiger partial charge on any atom is -0.467 e. The first-order valence-corrected chi connectivity index (χ1v) is 11.4. The van der Waals surface area contributed by atoms with E-state index in [-0.39, 0.29) is 31.1 Å². The van der Waals surface area contributed by atoms with Gasteiger partial charge >= 0.3 is 0 Å². The summed E-state index contributed by atoms with van der Waals surface area (Å²) < 4.78 is 25.5. The van der Waals surface area contributed by atoms with E-state index in [1.165, 1.54) is 29.4 Å². The molecular formula is C28H27FN2O4. The summed E-state index contributed by atoms with van der Waals surface area (Å²) in [6.45, 7) is 2.35. The van der Waals surface area contributed by atoms with E-state index in [1.54, 1.807) is 23.1 Å². The molecule has 35 heavy (non-hydrogen) atoms. The quantitative estimate of drug-likeness (QED) is 0.316. The highest BCUT2D eigenvalue weighted by Gasteiger charge is 2.25. The van der Waals surface area contributed by atoms with Crippen LogP contribution < -0.4 is 0 Å². The molecule has 6 nitrogen and oxygen atoms in total. The molecule has 0 atom stereocenters. The first-order chi connectivity index (χ1) is 17.0. The minimum atomic E-state index is -0.638. The third-order valence-electron chi connectivity index (χ3n) is 5.65. The third kappa shape index (κ3) is 6.47. The summed E-state index contributed by atoms with van der Waals surface area (Å²) in [4.78, 5) is 29.7. The SMILES string of the molecule is Cc1ccc(CN(CCc2ccccc2)C(=O)CN(Cc2ccco2)C(=O)c2ccccc2F)o1. The fourth-order valence-electron chi connectivity index (χ4n) is 3.82. The molecule has 0 N–H and O–H groups in total. The molecule has 2 aromatic carbocycles. The van der Waals surface area contributed by atoms with Crippen LogP contribution >= 0.6 is 0 Å². The standard InChI is InChI=1S/C28H27FN2O4/c1-21-13-14-24(35-21)19-30(16-15-22-8-3-2-4-9-22)27(32)20-31(18-23-10-7-17-34-23)28(33)25-11-5-6-12-26(25)29/h2-14,17H,15-16,18-20H2,1H3. The Hall–Kier alpha value is -4.13. The van der Waals surface area contributed by atoms with Gasteiger partial charge < -0.3 is 18.6 Å². The Balaban J connectivity index is 1.55. The zero-order valence-corrected chi connectivity index (χ0v) is 19.5. The van der Waals surface area contributed by atoms with Gasteiger partial charge in [-0.3, -0.25) is 9.59 Å². The summed E-state index contributed by atoms with van der Waals surface area (Å²) in [5.74, 6) is 0.420. The number of carbonyl (C=O) groups excluding carboxylic acids is 2. The van der Waals surface area contributed by atoms with Crippen LogP contribution in [0.15, 0.2) is 94.0 Å². The number of hydrogen-bond donors (Lipinski definition) is 0. The number of furan rings is 2. The van der Waals surface area contributed by atoms with Gasteiger partial charge in [0, 0.05) is 6.54 Å². The summed E-state index contributed by atoms with van der Waals surface area (Å²) in [5, 5.41) is 0. The Morgan fingerprint density at radius 3 is 2.26 bits per heavy atom. The van der Waals surface area contributed by atoms with Crippen molar-refractivity contribution >= 4 is 11.8 Å². The number of benzene rings is 2. The second-order valence-electron chi connectivity index (χ2n) is 8.28. The highest BCUT2D eigenvalue weighted by Crippen LogP contribution is 2.16. The normalized spacial score (nSPS) is 10.8. The van der Waals surface area contributed by atoms with Gasteiger partial charge in [-0.2, -0.15) is 0 Å². The van der Waals surface area contributed by atoms with E-state index in [0.717, 1.165) is 11.3 Å². The van der Waals surface area contributed by atoms with Crippen molar-refractivity contribution in [1.29, 1.82) is 0 Å². The van der Waals surface area contributed by atoms with Gasteiger partial charge in [0.2, 0.25) is 5.91 Å². The van der Waals surface area contributed by atoms with Crippen molar-refractivity contribution in [2.75, 3.05) is 13.1 Å². The van der Waals surface area contributed by atoms with Crippen LogP contribution in [0.3, 0.4) is 0 Å². The van der Waals surface area contributed by atoms with Crippen LogP contribution in [0, 0.1) is 12.7 Å². The molecule has 2 heterocycles. The maximum absolute atomic E-state index is 14.4. The average molecular weight is 475 g/mol. The Morgan fingerprint density at radius 2 is 1.57 bits per heavy atom. The van der Waals surface area contributed by atoms with Gasteiger partial charge in [0.05, 0.1) is 24.9 Å². The topological polar surface area (TPSA) is 66.9 Å². The summed E-state index contributed by atoms with van der Waals surface area (Å²) in [5.41, 5.74) is 1.00. The molecule has 0 aliphatic carbocycles. The molecule has 7 heteroatoms. The van der Waals surface area contributed by atoms with Crippen LogP contribution in [0.1, 0.15) is 33.2 Å². The molecule has 0 saturated heterocycles. The van der Waals surface area contributed by atoms with E-state index < -0.39 is 11.7 Å². The molecule has 4 rings (SSSR count). The second-order valence-corrected chi connectivity index (χ2v) is 8.28. The van der Waals surface area contributed by atoms with Crippen molar-refractivity contribution in [1.82, 2.24) is 9.80 Å². The van der Waals surface area contributed by atoms with Crippen molar-refractivity contribution in [3.8, 4) is 0 Å². The monoisotopic (exact) mass is 474 g/mol. The fourth-order valence-corrected chi connectivity index (χ4v) is 3.82. The molecule has 2 aromatic heterocycles. The Labute approximate surface area is 203 Å². The molecule has 0 saturated carbocycles. The highest BCUT2D eigenvalue weighted by atomic mass is 19.1. The summed E-state index contributed by atoms with van der Waals surface area (Å²) >= 11 is 0. The number of carbonyl (C=O) groups is 2. The van der Waals surface area contributed by atoms with Crippen LogP contribution in [-0.4, -0.2) is 34.7 Å². The molecule has 0 radical (unpaired) electrons. The van der Waals surface area contributed by atoms with Gasteiger partial charge in [-0.25, -0.2) is 4.39 Å². The lowest BCUT2D eigenvalue weighted by Gasteiger charge is -2.27. The molecule has 0 spiro atoms. The number of halogens is 1. The van der Waals surface area contributed by atoms with Crippen LogP contribution in [-0.2, 0) is 24.3 Å². The summed E-state index contributed by atoms with van der Waals surface area (Å²) in [6.07, 6.45) is 2.14. The van der Waals surface area contributed by atoms with Crippen molar-refractivity contribution in [2.24, 2.45) is 0 Å². The van der Waals surface area contributed by atoms with E-state index >= 15 is 0 Å². The van der Waals surface area contributed by atoms with Gasteiger partial charge in [-0.05, 0) is 55.3 Å². The smallest absolute Gasteiger partial charge is 0.257 e. The van der Waals surface area contributed by atoms with Crippen molar-refractivity contribution in [3.63, 3.8) is 0 Å². The van der Waals surface area contributed by atoms with Crippen LogP contribution in [0.5, 0.6) is 0 Å². The van der Waals surface area contributed by atoms with Gasteiger partial charge in [0.15, 0.2) is 0 Å². The lowest BCUT2D eigenvalue weighted by atomic mass is 10.1. The van der Waals surface area contributed by atoms with Crippen LogP contribution in [0.4, 0.5) is 4.39 Å². The van der Waals surface area contributed by atoms with Gasteiger partial charge in [-0.15, -0.1) is 0 Å². The van der Waals surface area contributed by atoms with Crippen LogP contribution in [0.25, 0.3) is 0 Å². The van der Waals surface area contributed by atoms with E-state index in [9.17, 15) is 14.0 Å². The number of rotatable bonds is 10. The maximum atomic E-state index is 14.4. The summed E-state index contributed by atoms with van der Waals surface area (Å²) in [7, 11) is 0. The largest absolute Gasteiger partial charge is 0.467 e. The van der Waals surface area contributed by atoms with Crippen molar-refractivity contribution in [3.05, 3.63) is 119 Å². The van der Waals surface area contributed by atoms with E-state index in [4.69, 9.17) is 8.83 Å². The second kappa shape index (κ2) is 11.3. The molecule has 2 amide bonds. The Bertz CT molecular complexity index is 1250. The first kappa shape index (κ1) is 24.0. The molecule has 0 bridgehead atoms. The van der Waals surface area contributed by atoms with Crippen molar-refractivity contribution < 1.29 is 22.8 Å². The minimum absolute atomic E-state index is 0.0400.